The molecule has 7 amide bonds. The van der Waals surface area contributed by atoms with Crippen molar-refractivity contribution in [2.24, 2.45) is 17.6 Å². The first-order chi connectivity index (χ1) is 45.9. The van der Waals surface area contributed by atoms with E-state index in [0.29, 0.717) is 40.3 Å². The van der Waals surface area contributed by atoms with E-state index in [1.165, 1.54) is 60.7 Å². The number of thioether (sulfide) groups is 2. The van der Waals surface area contributed by atoms with E-state index in [0.717, 1.165) is 9.79 Å². The summed E-state index contributed by atoms with van der Waals surface area (Å²) in [5.74, 6) is -7.72. The first kappa shape index (κ1) is 71.3. The third-order valence-electron chi connectivity index (χ3n) is 17.1. The van der Waals surface area contributed by atoms with Crippen LogP contribution in [0.5, 0.6) is 17.2 Å². The number of primary amides is 1. The quantitative estimate of drug-likeness (QED) is 0.0131. The number of anilines is 1. The highest BCUT2D eigenvalue weighted by Gasteiger charge is 2.51. The number of rotatable bonds is 29. The molecule has 0 unspecified atom stereocenters. The van der Waals surface area contributed by atoms with Gasteiger partial charge in [0.15, 0.2) is 23.6 Å². The van der Waals surface area contributed by atoms with Gasteiger partial charge in [0, 0.05) is 83.3 Å². The summed E-state index contributed by atoms with van der Waals surface area (Å²) in [6, 6.07) is 26.3. The molecule has 9 rings (SSSR count). The first-order valence-corrected chi connectivity index (χ1v) is 33.0. The Hall–Kier alpha value is -8.96. The fraction of sp³-hybridized carbons (Fsp3) is 0.391. The number of unbranched alkanes of at least 4 members (excludes halogenated alkanes) is 2. The number of nitrogens with two attached hydrogens (primary N) is 1. The van der Waals surface area contributed by atoms with Gasteiger partial charge >= 0.3 is 12.1 Å². The molecule has 2 heterocycles. The maximum atomic E-state index is 14.1. The number of benzene rings is 5. The maximum Gasteiger partial charge on any atom is 0.407 e. The lowest BCUT2D eigenvalue weighted by Crippen LogP contribution is -2.56. The predicted molar refractivity (Wildman–Crippen MR) is 349 cm³/mol. The molecule has 1 fully saturated rings. The van der Waals surface area contributed by atoms with Crippen LogP contribution in [0.2, 0.25) is 0 Å². The number of Topliss-reactive ketones (excluding diaryl/α,β-unsaturated/α-hetero) is 2. The number of nitrogens with one attached hydrogen (secondary N) is 4. The fourth-order valence-corrected chi connectivity index (χ4v) is 14.2. The Balaban J connectivity index is 0.773. The Kier molecular flexibility index (Phi) is 23.6. The number of hydrogen-bond acceptors (Lipinski definition) is 21. The Morgan fingerprint density at radius 1 is 0.802 bits per heavy atom. The van der Waals surface area contributed by atoms with Crippen LogP contribution in [0.3, 0.4) is 0 Å². The minimum atomic E-state index is -2.43. The zero-order valence-corrected chi connectivity index (χ0v) is 54.8. The highest BCUT2D eigenvalue weighted by atomic mass is 32.2. The molecule has 0 radical (unpaired) electrons. The molecule has 2 aliphatic carbocycles. The van der Waals surface area contributed by atoms with Crippen molar-refractivity contribution in [3.8, 4) is 17.2 Å². The smallest absolute Gasteiger partial charge is 0.407 e. The van der Waals surface area contributed by atoms with Gasteiger partial charge < -0.3 is 71.5 Å². The van der Waals surface area contributed by atoms with Gasteiger partial charge in [0.1, 0.15) is 42.2 Å². The second-order valence-electron chi connectivity index (χ2n) is 24.2. The molecule has 2 aliphatic heterocycles. The van der Waals surface area contributed by atoms with Gasteiger partial charge in [-0.2, -0.15) is 0 Å². The number of methoxy groups -OCH3 is 1. The lowest BCUT2D eigenvalue weighted by atomic mass is 9.72. The number of ketones is 4. The largest absolute Gasteiger partial charge is 0.507 e. The van der Waals surface area contributed by atoms with Crippen LogP contribution >= 0.6 is 23.5 Å². The van der Waals surface area contributed by atoms with Crippen LogP contribution < -0.4 is 31.7 Å². The molecule has 5 aromatic rings. The number of nitrogens with zero attached hydrogens (tertiary/aromatic N) is 1. The number of amides is 7. The zero-order chi connectivity index (χ0) is 69.1. The summed E-state index contributed by atoms with van der Waals surface area (Å²) in [7, 11) is 1.28. The lowest BCUT2D eigenvalue weighted by Gasteiger charge is -2.42. The lowest BCUT2D eigenvalue weighted by molar-refractivity contribution is -0.249. The van der Waals surface area contributed by atoms with Crippen LogP contribution in [-0.4, -0.2) is 152 Å². The number of aliphatic hydroxyl groups excluding tert-OH is 2. The molecule has 0 aromatic heterocycles. The van der Waals surface area contributed by atoms with Gasteiger partial charge in [0.2, 0.25) is 17.6 Å². The number of ether oxygens (including phenoxy) is 4. The number of alkyl carbamates (subject to hydrolysis) is 1. The van der Waals surface area contributed by atoms with Crippen molar-refractivity contribution in [2.45, 2.75) is 144 Å². The number of imide groups is 1. The van der Waals surface area contributed by atoms with E-state index in [9.17, 15) is 73.5 Å². The molecule has 11 N–H and O–H groups in total. The van der Waals surface area contributed by atoms with Gasteiger partial charge in [0.25, 0.3) is 11.8 Å². The van der Waals surface area contributed by atoms with Crippen molar-refractivity contribution >= 4 is 88.1 Å². The van der Waals surface area contributed by atoms with Crippen LogP contribution in [0.4, 0.5) is 15.3 Å². The molecule has 1 saturated heterocycles. The van der Waals surface area contributed by atoms with E-state index >= 15 is 0 Å². The third kappa shape index (κ3) is 16.5. The summed E-state index contributed by atoms with van der Waals surface area (Å²) in [5, 5.41) is 67.2. The van der Waals surface area contributed by atoms with E-state index < -0.39 is 131 Å². The van der Waals surface area contributed by atoms with Crippen LogP contribution in [0.15, 0.2) is 123 Å². The molecule has 0 saturated carbocycles. The Morgan fingerprint density at radius 2 is 1.45 bits per heavy atom. The highest BCUT2D eigenvalue weighted by Crippen LogP contribution is 2.53. The summed E-state index contributed by atoms with van der Waals surface area (Å²) in [6.07, 6.45) is -6.40. The number of phenolic OH excluding ortho intramolecular Hbond substituents is 2. The van der Waals surface area contributed by atoms with Gasteiger partial charge in [-0.1, -0.05) is 104 Å². The second-order valence-corrected chi connectivity index (χ2v) is 26.3. The van der Waals surface area contributed by atoms with Crippen LogP contribution in [0.25, 0.3) is 0 Å². The van der Waals surface area contributed by atoms with E-state index in [1.54, 1.807) is 38.1 Å². The number of urea groups is 1. The molecule has 0 spiro atoms. The van der Waals surface area contributed by atoms with Crippen molar-refractivity contribution < 1.29 is 92.4 Å². The summed E-state index contributed by atoms with van der Waals surface area (Å²) in [6.45, 7) is 3.85. The third-order valence-corrected chi connectivity index (χ3v) is 19.4. The molecule has 5 aromatic carbocycles. The average Bonchev–Trinajstić information content (AvgIpc) is 0.841. The van der Waals surface area contributed by atoms with Crippen molar-refractivity contribution in [1.29, 1.82) is 0 Å². The van der Waals surface area contributed by atoms with Crippen molar-refractivity contribution in [3.05, 3.63) is 152 Å². The molecule has 508 valence electrons. The number of phenols is 2. The van der Waals surface area contributed by atoms with Gasteiger partial charge in [0.05, 0.1) is 57.9 Å². The normalized spacial score (nSPS) is 20.4. The first-order valence-electron chi connectivity index (χ1n) is 31.4. The SMILES string of the molecule is COc1cccc2c1C(=O)c1c(O)c3c(c(O)c1C2=O)C[C@@](O)(C(=O)CO)C[C@@H]3O[C@H]1C[C@H](NC(=O)OCc2ccc(NC(=O)[C@H](CCCNC(N)=O)CC(=O)[C@@H](NC(=O)CCCCCN3C(=O)C(Sc4ccccc4)=C(Sc4ccccc4)C3=O)C(C)C)cc2)[C@H](O)[C@H](C)O1. The van der Waals surface area contributed by atoms with Crippen molar-refractivity contribution in [1.82, 2.24) is 20.9 Å². The second kappa shape index (κ2) is 31.7. The molecular formula is C69H76N6O19S2. The molecular weight excluding hydrogens is 1280 g/mol. The summed E-state index contributed by atoms with van der Waals surface area (Å²) >= 11 is 2.49. The Labute approximate surface area is 561 Å². The molecule has 96 heavy (non-hydrogen) atoms. The van der Waals surface area contributed by atoms with Gasteiger partial charge in [-0.3, -0.25) is 43.3 Å². The number of aromatic hydroxyl groups is 2. The number of hydrogen-bond donors (Lipinski definition) is 10. The minimum absolute atomic E-state index is 0.0191. The average molecular weight is 1360 g/mol. The topological polar surface area (TPSA) is 386 Å². The number of aliphatic hydroxyl groups is 3. The number of carbonyl (C=O) groups is 10. The summed E-state index contributed by atoms with van der Waals surface area (Å²) in [5.41, 5.74) is 1.61. The molecule has 0 bridgehead atoms. The fourth-order valence-electron chi connectivity index (χ4n) is 12.1. The van der Waals surface area contributed by atoms with Gasteiger partial charge in [-0.05, 0) is 86.6 Å². The zero-order valence-electron chi connectivity index (χ0n) is 53.1. The minimum Gasteiger partial charge on any atom is -0.507 e. The monoisotopic (exact) mass is 1360 g/mol. The van der Waals surface area contributed by atoms with Gasteiger partial charge in [-0.25, -0.2) is 9.59 Å². The van der Waals surface area contributed by atoms with E-state index in [2.05, 4.69) is 21.3 Å². The van der Waals surface area contributed by atoms with E-state index in [4.69, 9.17) is 24.7 Å². The number of fused-ring (bicyclic) bond motifs is 3. The highest BCUT2D eigenvalue weighted by molar-refractivity contribution is 8.08. The summed E-state index contributed by atoms with van der Waals surface area (Å²) < 4.78 is 23.1. The van der Waals surface area contributed by atoms with Crippen molar-refractivity contribution in [2.75, 3.05) is 32.1 Å². The van der Waals surface area contributed by atoms with Gasteiger partial charge in [-0.15, -0.1) is 0 Å². The van der Waals surface area contributed by atoms with Crippen LogP contribution in [0.1, 0.15) is 133 Å². The molecule has 4 aliphatic rings. The molecule has 25 nitrogen and oxygen atoms in total. The maximum absolute atomic E-state index is 14.1. The Bertz CT molecular complexity index is 3770. The van der Waals surface area contributed by atoms with E-state index in [1.807, 2.05) is 60.7 Å². The van der Waals surface area contributed by atoms with Crippen LogP contribution in [-0.2, 0) is 56.0 Å². The molecule has 8 atom stereocenters. The predicted octanol–water partition coefficient (Wildman–Crippen LogP) is 6.80. The van der Waals surface area contributed by atoms with E-state index in [-0.39, 0.29) is 103 Å². The van der Waals surface area contributed by atoms with Crippen LogP contribution in [0, 0.1) is 11.8 Å². The molecule has 27 heteroatoms. The van der Waals surface area contributed by atoms with Crippen molar-refractivity contribution in [3.63, 3.8) is 0 Å². The Morgan fingerprint density at radius 3 is 2.06 bits per heavy atom. The number of carbonyl (C=O) groups excluding carboxylic acids is 10. The summed E-state index contributed by atoms with van der Waals surface area (Å²) in [4.78, 5) is 139. The standard InChI is InChI=1S/C69H76N6O19S2/c1-36(2)56(74-50(79)23-12-7-13-29-75-65(86)62(95-41-17-8-5-9-18-41)63(66(75)87)96-42-19-10-6-11-20-42)46(77)30-39(16-15-28-71-67(70)88)64(85)72-40-26-24-38(25-27-40)35-92-68(89)73-45-31-51(93-37(3)57(45)80)94-48-33-69(90,49(78)34-76)32-44-53(48)61(84)55-54(59(44)82)58(81)43-21-14-22-47(91-4)52(43)60(55)83/h5-6,8-11,14,17-22,24-27,36-37,39,45,48,51,56-57,76,80,82,84,90H,7,12-13,15-16,23,28-35H2,1-4H3,(H,72,85)(H,73,89)(H,74,79)(H3,70,71,88)/t37-,39+,45-,48-,51-,56-,57+,69-/m0/s1.